The van der Waals surface area contributed by atoms with E-state index >= 15 is 0 Å². The maximum absolute atomic E-state index is 12.0. The highest BCUT2D eigenvalue weighted by atomic mass is 16.5. The number of nitriles is 1. The lowest BCUT2D eigenvalue weighted by Crippen LogP contribution is -3.11. The summed E-state index contributed by atoms with van der Waals surface area (Å²) in [6, 6.07) is 17.3. The quantitative estimate of drug-likeness (QED) is 0.788. The van der Waals surface area contributed by atoms with E-state index in [0.717, 1.165) is 12.1 Å². The third kappa shape index (κ3) is 6.12. The monoisotopic (exact) mass is 364 g/mol. The zero-order valence-corrected chi connectivity index (χ0v) is 15.5. The van der Waals surface area contributed by atoms with Crippen LogP contribution in [0, 0.1) is 11.3 Å². The topological polar surface area (TPSA) is 66.6 Å². The highest BCUT2D eigenvalue weighted by Gasteiger charge is 2.13. The molecule has 2 N–H and O–H groups in total. The molecule has 0 saturated carbocycles. The Labute approximate surface area is 160 Å². The van der Waals surface area contributed by atoms with Crippen LogP contribution in [0.15, 0.2) is 48.5 Å². The van der Waals surface area contributed by atoms with Gasteiger partial charge in [-0.25, -0.2) is 0 Å². The molecule has 5 heteroatoms. The molecule has 3 rings (SSSR count). The molecule has 0 aliphatic carbocycles. The largest absolute Gasteiger partial charge is 0.484 e. The molecular weight excluding hydrogens is 338 g/mol. The molecular formula is C22H26N3O2+. The summed E-state index contributed by atoms with van der Waals surface area (Å²) in [6.07, 6.45) is 4.05. The van der Waals surface area contributed by atoms with Crippen LogP contribution in [0.1, 0.15) is 36.0 Å². The van der Waals surface area contributed by atoms with Crippen LogP contribution in [0.3, 0.4) is 0 Å². The Bertz CT molecular complexity index is 773. The highest BCUT2D eigenvalue weighted by Crippen LogP contribution is 2.11. The Morgan fingerprint density at radius 2 is 1.67 bits per heavy atom. The molecule has 27 heavy (non-hydrogen) atoms. The lowest BCUT2D eigenvalue weighted by molar-refractivity contribution is -0.918. The second-order valence-electron chi connectivity index (χ2n) is 7.01. The van der Waals surface area contributed by atoms with Gasteiger partial charge in [0, 0.05) is 12.1 Å². The SMILES string of the molecule is N#Cc1ccc(OCC(=O)NCc2ccc(C[NH+]3CCCCC3)cc2)cc1. The summed E-state index contributed by atoms with van der Waals surface area (Å²) >= 11 is 0. The van der Waals surface area contributed by atoms with Gasteiger partial charge in [0.25, 0.3) is 5.91 Å². The first-order valence-corrected chi connectivity index (χ1v) is 9.54. The maximum atomic E-state index is 12.0. The minimum Gasteiger partial charge on any atom is -0.484 e. The van der Waals surface area contributed by atoms with E-state index in [1.165, 1.54) is 37.9 Å². The van der Waals surface area contributed by atoms with Crippen LogP contribution in [0.5, 0.6) is 5.75 Å². The number of carbonyl (C=O) groups excluding carboxylic acids is 1. The number of carbonyl (C=O) groups is 1. The standard InChI is InChI=1S/C22H25N3O2/c23-14-18-8-10-21(11-9-18)27-17-22(26)24-15-19-4-6-20(7-5-19)16-25-12-2-1-3-13-25/h4-11H,1-3,12-13,15-17H2,(H,24,26)/p+1. The highest BCUT2D eigenvalue weighted by molar-refractivity contribution is 5.77. The van der Waals surface area contributed by atoms with Crippen molar-refractivity contribution in [1.82, 2.24) is 5.32 Å². The van der Waals surface area contributed by atoms with Gasteiger partial charge in [0.05, 0.1) is 24.7 Å². The molecule has 1 saturated heterocycles. The molecule has 2 aromatic rings. The molecule has 0 unspecified atom stereocenters. The molecule has 1 aliphatic rings. The molecule has 5 nitrogen and oxygen atoms in total. The van der Waals surface area contributed by atoms with Crippen LogP contribution in [-0.2, 0) is 17.9 Å². The van der Waals surface area contributed by atoms with Gasteiger partial charge in [-0.15, -0.1) is 0 Å². The average molecular weight is 364 g/mol. The second-order valence-corrected chi connectivity index (χ2v) is 7.01. The Balaban J connectivity index is 1.39. The summed E-state index contributed by atoms with van der Waals surface area (Å²) in [6.45, 7) is 4.09. The van der Waals surface area contributed by atoms with Crippen LogP contribution >= 0.6 is 0 Å². The second kappa shape index (κ2) is 9.75. The van der Waals surface area contributed by atoms with Gasteiger partial charge in [-0.3, -0.25) is 4.79 Å². The lowest BCUT2D eigenvalue weighted by Gasteiger charge is -2.23. The Hall–Kier alpha value is -2.84. The molecule has 140 valence electrons. The van der Waals surface area contributed by atoms with Gasteiger partial charge in [-0.2, -0.15) is 5.26 Å². The van der Waals surface area contributed by atoms with Crippen molar-refractivity contribution in [3.05, 3.63) is 65.2 Å². The fourth-order valence-electron chi connectivity index (χ4n) is 3.32. The van der Waals surface area contributed by atoms with Gasteiger partial charge in [-0.05, 0) is 49.1 Å². The van der Waals surface area contributed by atoms with Crippen LogP contribution in [0.4, 0.5) is 0 Å². The van der Waals surface area contributed by atoms with E-state index in [4.69, 9.17) is 10.00 Å². The number of rotatable bonds is 7. The summed E-state index contributed by atoms with van der Waals surface area (Å²) in [5.41, 5.74) is 3.00. The van der Waals surface area contributed by atoms with Crippen molar-refractivity contribution in [3.8, 4) is 11.8 Å². The smallest absolute Gasteiger partial charge is 0.258 e. The number of amides is 1. The van der Waals surface area contributed by atoms with Crippen molar-refractivity contribution >= 4 is 5.91 Å². The van der Waals surface area contributed by atoms with Gasteiger partial charge in [0.1, 0.15) is 12.3 Å². The number of piperidine rings is 1. The van der Waals surface area contributed by atoms with E-state index in [2.05, 4.69) is 29.6 Å². The van der Waals surface area contributed by atoms with Crippen molar-refractivity contribution in [3.63, 3.8) is 0 Å². The van der Waals surface area contributed by atoms with E-state index in [-0.39, 0.29) is 12.5 Å². The van der Waals surface area contributed by atoms with Crippen LogP contribution in [-0.4, -0.2) is 25.6 Å². The van der Waals surface area contributed by atoms with Crippen molar-refractivity contribution in [2.45, 2.75) is 32.4 Å². The average Bonchev–Trinajstić information content (AvgIpc) is 2.73. The van der Waals surface area contributed by atoms with E-state index in [1.54, 1.807) is 29.2 Å². The molecule has 0 atom stereocenters. The summed E-state index contributed by atoms with van der Waals surface area (Å²) in [7, 11) is 0. The predicted molar refractivity (Wildman–Crippen MR) is 103 cm³/mol. The van der Waals surface area contributed by atoms with Crippen molar-refractivity contribution in [2.75, 3.05) is 19.7 Å². The van der Waals surface area contributed by atoms with Crippen LogP contribution in [0.25, 0.3) is 0 Å². The van der Waals surface area contributed by atoms with E-state index in [0.29, 0.717) is 17.9 Å². The molecule has 1 heterocycles. The van der Waals surface area contributed by atoms with E-state index in [9.17, 15) is 4.79 Å². The molecule has 0 bridgehead atoms. The number of hydrogen-bond acceptors (Lipinski definition) is 3. The third-order valence-electron chi connectivity index (χ3n) is 4.88. The zero-order chi connectivity index (χ0) is 18.9. The number of hydrogen-bond donors (Lipinski definition) is 2. The van der Waals surface area contributed by atoms with Crippen molar-refractivity contribution < 1.29 is 14.4 Å². The van der Waals surface area contributed by atoms with Gasteiger partial charge in [0.2, 0.25) is 0 Å². The predicted octanol–water partition coefficient (Wildman–Crippen LogP) is 1.82. The fourth-order valence-corrected chi connectivity index (χ4v) is 3.32. The number of benzene rings is 2. The maximum Gasteiger partial charge on any atom is 0.258 e. The number of nitrogens with zero attached hydrogens (tertiary/aromatic N) is 1. The lowest BCUT2D eigenvalue weighted by atomic mass is 10.1. The fraction of sp³-hybridized carbons (Fsp3) is 0.364. The molecule has 1 fully saturated rings. The van der Waals surface area contributed by atoms with Gasteiger partial charge < -0.3 is 15.0 Å². The number of quaternary nitrogens is 1. The van der Waals surface area contributed by atoms with Crippen LogP contribution < -0.4 is 15.0 Å². The first kappa shape index (κ1) is 18.9. The van der Waals surface area contributed by atoms with Crippen molar-refractivity contribution in [1.29, 1.82) is 5.26 Å². The summed E-state index contributed by atoms with van der Waals surface area (Å²) < 4.78 is 5.44. The molecule has 0 spiro atoms. The van der Waals surface area contributed by atoms with E-state index < -0.39 is 0 Å². The zero-order valence-electron chi connectivity index (χ0n) is 15.5. The van der Waals surface area contributed by atoms with Gasteiger partial charge in [-0.1, -0.05) is 24.3 Å². The molecule has 0 radical (unpaired) electrons. The van der Waals surface area contributed by atoms with Crippen LogP contribution in [0.2, 0.25) is 0 Å². The first-order chi connectivity index (χ1) is 13.2. The third-order valence-corrected chi connectivity index (χ3v) is 4.88. The number of ether oxygens (including phenoxy) is 1. The van der Waals surface area contributed by atoms with Crippen molar-refractivity contribution in [2.24, 2.45) is 0 Å². The molecule has 1 aliphatic heterocycles. The normalized spacial score (nSPS) is 14.3. The summed E-state index contributed by atoms with van der Waals surface area (Å²) in [4.78, 5) is 13.6. The molecule has 2 aromatic carbocycles. The van der Waals surface area contributed by atoms with E-state index in [1.807, 2.05) is 6.07 Å². The summed E-state index contributed by atoms with van der Waals surface area (Å²) in [5.74, 6) is 0.412. The number of nitrogens with one attached hydrogen (secondary N) is 2. The Kier molecular flexibility index (Phi) is 6.84. The molecule has 0 aromatic heterocycles. The Morgan fingerprint density at radius 1 is 1.00 bits per heavy atom. The Morgan fingerprint density at radius 3 is 2.33 bits per heavy atom. The van der Waals surface area contributed by atoms with Gasteiger partial charge in [0.15, 0.2) is 6.61 Å². The van der Waals surface area contributed by atoms with Gasteiger partial charge >= 0.3 is 0 Å². The minimum atomic E-state index is -0.166. The minimum absolute atomic E-state index is 0.0394. The first-order valence-electron chi connectivity index (χ1n) is 9.54. The number of likely N-dealkylation sites (tertiary alicyclic amines) is 1. The summed E-state index contributed by atoms with van der Waals surface area (Å²) in [5, 5.41) is 11.6. The molecule has 1 amide bonds.